The Morgan fingerprint density at radius 2 is 1.56 bits per heavy atom. The Kier molecular flexibility index (Phi) is 9.73. The molecule has 4 saturated carbocycles. The highest BCUT2D eigenvalue weighted by atomic mass is 16.7. The van der Waals surface area contributed by atoms with E-state index in [1.54, 1.807) is 0 Å². The van der Waals surface area contributed by atoms with Gasteiger partial charge in [-0.3, -0.25) is 0 Å². The third kappa shape index (κ3) is 5.53. The summed E-state index contributed by atoms with van der Waals surface area (Å²) in [5.41, 5.74) is -2.15. The van der Waals surface area contributed by atoms with Gasteiger partial charge in [0.15, 0.2) is 6.29 Å². The minimum Gasteiger partial charge on any atom is -0.393 e. The average molecular weight is 615 g/mol. The van der Waals surface area contributed by atoms with Gasteiger partial charge in [0.25, 0.3) is 0 Å². The molecule has 5 aliphatic rings. The van der Waals surface area contributed by atoms with Crippen LogP contribution in [0, 0.1) is 46.3 Å². The predicted octanol–water partition coefficient (Wildman–Crippen LogP) is 1.58. The predicted molar refractivity (Wildman–Crippen MR) is 158 cm³/mol. The summed E-state index contributed by atoms with van der Waals surface area (Å²) in [5, 5.41) is 78.4. The lowest BCUT2D eigenvalue weighted by Crippen LogP contribution is -2.71. The molecule has 6 unspecified atom stereocenters. The van der Waals surface area contributed by atoms with E-state index >= 15 is 0 Å². The Hall–Kier alpha value is -0.400. The van der Waals surface area contributed by atoms with Crippen molar-refractivity contribution in [3.05, 3.63) is 0 Å². The molecule has 10 nitrogen and oxygen atoms in total. The average Bonchev–Trinajstić information content (AvgIpc) is 3.21. The van der Waals surface area contributed by atoms with Gasteiger partial charge in [0.1, 0.15) is 18.3 Å². The molecule has 0 aromatic carbocycles. The molecule has 0 aromatic rings. The molecule has 0 bridgehead atoms. The van der Waals surface area contributed by atoms with Crippen molar-refractivity contribution in [1.29, 1.82) is 0 Å². The van der Waals surface area contributed by atoms with Gasteiger partial charge in [-0.05, 0) is 79.4 Å². The molecular weight excluding hydrogens is 556 g/mol. The van der Waals surface area contributed by atoms with Crippen molar-refractivity contribution >= 4 is 0 Å². The fourth-order valence-corrected chi connectivity index (χ4v) is 10.9. The van der Waals surface area contributed by atoms with Crippen LogP contribution in [0.2, 0.25) is 0 Å². The molecule has 43 heavy (non-hydrogen) atoms. The lowest BCUT2D eigenvalue weighted by Gasteiger charge is -2.66. The number of fused-ring (bicyclic) bond motifs is 5. The molecule has 4 aliphatic carbocycles. The monoisotopic (exact) mass is 614 g/mol. The summed E-state index contributed by atoms with van der Waals surface area (Å²) in [5.74, 6) is -0.458. The second kappa shape index (κ2) is 12.3. The van der Waals surface area contributed by atoms with Crippen LogP contribution in [0.3, 0.4) is 0 Å². The maximum Gasteiger partial charge on any atom is 0.186 e. The van der Waals surface area contributed by atoms with Gasteiger partial charge in [-0.25, -0.2) is 0 Å². The Morgan fingerprint density at radius 1 is 0.884 bits per heavy atom. The van der Waals surface area contributed by atoms with Crippen molar-refractivity contribution in [2.24, 2.45) is 46.3 Å². The molecule has 1 heterocycles. The number of methoxy groups -OCH3 is 1. The maximum atomic E-state index is 12.6. The zero-order valence-electron chi connectivity index (χ0n) is 26.9. The van der Waals surface area contributed by atoms with Crippen molar-refractivity contribution < 1.29 is 50.0 Å². The third-order valence-electron chi connectivity index (χ3n) is 13.2. The van der Waals surface area contributed by atoms with Crippen LogP contribution in [-0.4, -0.2) is 110 Å². The minimum absolute atomic E-state index is 0.0811. The van der Waals surface area contributed by atoms with E-state index in [9.17, 15) is 35.7 Å². The van der Waals surface area contributed by atoms with E-state index in [0.29, 0.717) is 19.3 Å². The fourth-order valence-electron chi connectivity index (χ4n) is 10.9. The van der Waals surface area contributed by atoms with Crippen molar-refractivity contribution in [2.45, 2.75) is 147 Å². The Morgan fingerprint density at radius 3 is 2.21 bits per heavy atom. The molecule has 5 rings (SSSR count). The Bertz CT molecular complexity index is 966. The first kappa shape index (κ1) is 33.9. The number of aliphatic hydroxyl groups excluding tert-OH is 6. The quantitative estimate of drug-likeness (QED) is 0.199. The van der Waals surface area contributed by atoms with Crippen LogP contribution in [0.5, 0.6) is 0 Å². The van der Waals surface area contributed by atoms with Crippen LogP contribution in [0.1, 0.15) is 86.0 Å². The van der Waals surface area contributed by atoms with Gasteiger partial charge in [0.05, 0.1) is 42.7 Å². The molecule has 17 atom stereocenters. The van der Waals surface area contributed by atoms with Gasteiger partial charge in [-0.2, -0.15) is 0 Å². The Labute approximate surface area is 256 Å². The topological polar surface area (TPSA) is 169 Å². The summed E-state index contributed by atoms with van der Waals surface area (Å²) in [7, 11) is 1.40. The van der Waals surface area contributed by atoms with E-state index < -0.39 is 66.0 Å². The van der Waals surface area contributed by atoms with Gasteiger partial charge in [0, 0.05) is 25.4 Å². The summed E-state index contributed by atoms with van der Waals surface area (Å²) in [6.45, 7) is 10.4. The molecule has 250 valence electrons. The van der Waals surface area contributed by atoms with Crippen LogP contribution in [0.15, 0.2) is 0 Å². The van der Waals surface area contributed by atoms with Crippen molar-refractivity contribution in [3.8, 4) is 0 Å². The standard InChI is InChI=1S/C33H58O10/c1-16(2)19(34)8-7-17(3)18-13-20(35)29-31(18,4)12-10-24-32(5)11-9-23(27(39)25(32)21(36)14-33(24,29)40)43-30-28(41-6)26(38)22(37)15-42-30/h16-30,34-40H,7-15H2,1-6H3/t17-,18-,19?,20?,21?,22-,23?,24-,25?,26+,27?,28-,29-,30+,31-,32-,33+/m1/s1. The van der Waals surface area contributed by atoms with E-state index in [2.05, 4.69) is 20.8 Å². The molecule has 0 spiro atoms. The van der Waals surface area contributed by atoms with Gasteiger partial charge < -0.3 is 50.0 Å². The molecule has 10 heteroatoms. The number of hydrogen-bond donors (Lipinski definition) is 7. The number of rotatable bonds is 8. The van der Waals surface area contributed by atoms with Crippen LogP contribution < -0.4 is 0 Å². The normalized spacial score (nSPS) is 53.2. The Balaban J connectivity index is 1.34. The summed E-state index contributed by atoms with van der Waals surface area (Å²) < 4.78 is 17.2. The van der Waals surface area contributed by atoms with Crippen LogP contribution >= 0.6 is 0 Å². The first-order chi connectivity index (χ1) is 20.1. The van der Waals surface area contributed by atoms with E-state index in [-0.39, 0.29) is 54.1 Å². The summed E-state index contributed by atoms with van der Waals surface area (Å²) in [4.78, 5) is 0. The van der Waals surface area contributed by atoms with Gasteiger partial charge >= 0.3 is 0 Å². The van der Waals surface area contributed by atoms with E-state index in [1.165, 1.54) is 7.11 Å². The van der Waals surface area contributed by atoms with Gasteiger partial charge in [0.2, 0.25) is 0 Å². The van der Waals surface area contributed by atoms with Crippen LogP contribution in [-0.2, 0) is 14.2 Å². The molecule has 5 fully saturated rings. The van der Waals surface area contributed by atoms with Crippen LogP contribution in [0.25, 0.3) is 0 Å². The van der Waals surface area contributed by atoms with Crippen molar-refractivity contribution in [3.63, 3.8) is 0 Å². The highest BCUT2D eigenvalue weighted by Crippen LogP contribution is 2.70. The number of ether oxygens (including phenoxy) is 3. The molecule has 0 amide bonds. The second-order valence-electron chi connectivity index (χ2n) is 15.8. The van der Waals surface area contributed by atoms with E-state index in [4.69, 9.17) is 14.2 Å². The minimum atomic E-state index is -1.27. The maximum absolute atomic E-state index is 12.6. The zero-order valence-corrected chi connectivity index (χ0v) is 26.9. The summed E-state index contributed by atoms with van der Waals surface area (Å²) in [6.07, 6.45) is -3.02. The number of aliphatic hydroxyl groups is 7. The smallest absolute Gasteiger partial charge is 0.186 e. The van der Waals surface area contributed by atoms with Gasteiger partial charge in [-0.1, -0.05) is 34.6 Å². The first-order valence-electron chi connectivity index (χ1n) is 16.7. The summed E-state index contributed by atoms with van der Waals surface area (Å²) in [6, 6.07) is 0. The van der Waals surface area contributed by atoms with Gasteiger partial charge in [-0.15, -0.1) is 0 Å². The molecule has 1 saturated heterocycles. The highest BCUT2D eigenvalue weighted by Gasteiger charge is 2.72. The molecule has 0 aromatic heterocycles. The largest absolute Gasteiger partial charge is 0.393 e. The molecule has 0 radical (unpaired) electrons. The molecular formula is C33H58O10. The highest BCUT2D eigenvalue weighted by molar-refractivity contribution is 5.21. The number of hydrogen-bond acceptors (Lipinski definition) is 10. The molecule has 1 aliphatic heterocycles. The third-order valence-corrected chi connectivity index (χ3v) is 13.2. The van der Waals surface area contributed by atoms with Crippen molar-refractivity contribution in [2.75, 3.05) is 13.7 Å². The lowest BCUT2D eigenvalue weighted by atomic mass is 9.41. The zero-order chi connectivity index (χ0) is 31.6. The fraction of sp³-hybridized carbons (Fsp3) is 1.00. The lowest BCUT2D eigenvalue weighted by molar-refractivity contribution is -0.320. The molecule has 7 N–H and O–H groups in total. The van der Waals surface area contributed by atoms with E-state index in [1.807, 2.05) is 13.8 Å². The first-order valence-corrected chi connectivity index (χ1v) is 16.7. The van der Waals surface area contributed by atoms with Crippen LogP contribution in [0.4, 0.5) is 0 Å². The SMILES string of the molecule is CO[C@H]1[C@H](OC2CC[C@@]3(C)C(C(O)C[C@@]4(O)[C@@H]5C(O)C[C@H]([C@H](C)CCC(O)C(C)C)[C@@]5(C)CC[C@@H]43)C2O)OC[C@@H](O)[C@@H]1O. The van der Waals surface area contributed by atoms with Crippen molar-refractivity contribution in [1.82, 2.24) is 0 Å². The summed E-state index contributed by atoms with van der Waals surface area (Å²) >= 11 is 0. The van der Waals surface area contributed by atoms with E-state index in [0.717, 1.165) is 25.7 Å². The second-order valence-corrected chi connectivity index (χ2v) is 15.8.